The van der Waals surface area contributed by atoms with Gasteiger partial charge in [0.05, 0.1) is 6.10 Å². The minimum atomic E-state index is -0.199. The zero-order chi connectivity index (χ0) is 12.3. The summed E-state index contributed by atoms with van der Waals surface area (Å²) in [5.41, 5.74) is 5.93. The third-order valence-electron chi connectivity index (χ3n) is 3.99. The monoisotopic (exact) mass is 240 g/mol. The molecule has 4 nitrogen and oxygen atoms in total. The van der Waals surface area contributed by atoms with Crippen molar-refractivity contribution in [3.63, 3.8) is 0 Å². The maximum Gasteiger partial charge on any atom is 0.224 e. The largest absolute Gasteiger partial charge is 0.377 e. The van der Waals surface area contributed by atoms with Crippen molar-refractivity contribution in [2.24, 2.45) is 5.73 Å². The van der Waals surface area contributed by atoms with Crippen LogP contribution in [0.4, 0.5) is 0 Å². The minimum absolute atomic E-state index is 0.199. The Hall–Kier alpha value is -0.610. The molecule has 0 bridgehead atoms. The van der Waals surface area contributed by atoms with Gasteiger partial charge in [0.15, 0.2) is 0 Å². The van der Waals surface area contributed by atoms with Crippen LogP contribution in [0, 0.1) is 0 Å². The van der Waals surface area contributed by atoms with Gasteiger partial charge in [0.1, 0.15) is 0 Å². The molecule has 1 atom stereocenters. The van der Waals surface area contributed by atoms with Crippen molar-refractivity contribution in [2.45, 2.75) is 57.1 Å². The number of piperidine rings is 1. The molecule has 1 saturated carbocycles. The van der Waals surface area contributed by atoms with Crippen molar-refractivity contribution in [3.8, 4) is 0 Å². The zero-order valence-electron chi connectivity index (χ0n) is 10.8. The molecule has 4 heteroatoms. The molecule has 0 aromatic heterocycles. The summed E-state index contributed by atoms with van der Waals surface area (Å²) in [4.78, 5) is 14.1. The fraction of sp³-hybridized carbons (Fsp3) is 0.923. The molecule has 2 fully saturated rings. The Morgan fingerprint density at radius 1 is 1.47 bits per heavy atom. The molecule has 98 valence electrons. The van der Waals surface area contributed by atoms with Crippen molar-refractivity contribution < 1.29 is 9.53 Å². The van der Waals surface area contributed by atoms with Gasteiger partial charge in [-0.1, -0.05) is 0 Å². The lowest BCUT2D eigenvalue weighted by molar-refractivity contribution is -0.137. The van der Waals surface area contributed by atoms with Crippen LogP contribution in [0.25, 0.3) is 0 Å². The Bertz CT molecular complexity index is 275. The quantitative estimate of drug-likeness (QED) is 0.805. The SMILES string of the molecule is CCOC1CCCN(C(=O)CC2(N)CCC2)C1. The van der Waals surface area contributed by atoms with Crippen LogP contribution in [-0.4, -0.2) is 42.1 Å². The fourth-order valence-corrected chi connectivity index (χ4v) is 2.76. The van der Waals surface area contributed by atoms with Gasteiger partial charge < -0.3 is 15.4 Å². The van der Waals surface area contributed by atoms with Crippen molar-refractivity contribution in [1.29, 1.82) is 0 Å². The smallest absolute Gasteiger partial charge is 0.224 e. The molecule has 1 unspecified atom stereocenters. The lowest BCUT2D eigenvalue weighted by Gasteiger charge is -2.40. The van der Waals surface area contributed by atoms with E-state index >= 15 is 0 Å². The van der Waals surface area contributed by atoms with Crippen LogP contribution in [0.2, 0.25) is 0 Å². The van der Waals surface area contributed by atoms with E-state index in [9.17, 15) is 4.79 Å². The summed E-state index contributed by atoms with van der Waals surface area (Å²) >= 11 is 0. The molecule has 2 aliphatic rings. The lowest BCUT2D eigenvalue weighted by atomic mass is 9.75. The summed E-state index contributed by atoms with van der Waals surface area (Å²) < 4.78 is 5.61. The van der Waals surface area contributed by atoms with Gasteiger partial charge in [0, 0.05) is 31.7 Å². The predicted molar refractivity (Wildman–Crippen MR) is 66.6 cm³/mol. The minimum Gasteiger partial charge on any atom is -0.377 e. The van der Waals surface area contributed by atoms with Crippen LogP contribution in [-0.2, 0) is 9.53 Å². The van der Waals surface area contributed by atoms with Crippen LogP contribution in [0.5, 0.6) is 0 Å². The number of nitrogens with two attached hydrogens (primary N) is 1. The molecule has 1 saturated heterocycles. The van der Waals surface area contributed by atoms with Gasteiger partial charge in [-0.15, -0.1) is 0 Å². The Balaban J connectivity index is 1.82. The number of carbonyl (C=O) groups excluding carboxylic acids is 1. The number of nitrogens with zero attached hydrogens (tertiary/aromatic N) is 1. The average molecular weight is 240 g/mol. The Kier molecular flexibility index (Phi) is 4.05. The van der Waals surface area contributed by atoms with Crippen molar-refractivity contribution in [2.75, 3.05) is 19.7 Å². The molecule has 17 heavy (non-hydrogen) atoms. The van der Waals surface area contributed by atoms with Gasteiger partial charge in [-0.05, 0) is 39.0 Å². The molecule has 1 heterocycles. The Labute approximate surface area is 103 Å². The summed E-state index contributed by atoms with van der Waals surface area (Å²) in [5.74, 6) is 0.219. The van der Waals surface area contributed by atoms with Gasteiger partial charge in [0.25, 0.3) is 0 Å². The summed E-state index contributed by atoms with van der Waals surface area (Å²) in [7, 11) is 0. The number of ether oxygens (including phenoxy) is 1. The molecule has 0 aromatic rings. The number of hydrogen-bond donors (Lipinski definition) is 1. The molecule has 0 radical (unpaired) electrons. The van der Waals surface area contributed by atoms with E-state index in [4.69, 9.17) is 10.5 Å². The molecule has 0 aromatic carbocycles. The van der Waals surface area contributed by atoms with Crippen LogP contribution >= 0.6 is 0 Å². The van der Waals surface area contributed by atoms with Gasteiger partial charge in [-0.25, -0.2) is 0 Å². The second-order valence-corrected chi connectivity index (χ2v) is 5.45. The molecular formula is C13H24N2O2. The van der Waals surface area contributed by atoms with Gasteiger partial charge in [0.2, 0.25) is 5.91 Å². The summed E-state index contributed by atoms with van der Waals surface area (Å²) in [5, 5.41) is 0. The molecule has 1 aliphatic carbocycles. The number of likely N-dealkylation sites (tertiary alicyclic amines) is 1. The van der Waals surface area contributed by atoms with Crippen LogP contribution in [0.1, 0.15) is 45.4 Å². The Morgan fingerprint density at radius 2 is 2.24 bits per heavy atom. The highest BCUT2D eigenvalue weighted by Crippen LogP contribution is 2.33. The predicted octanol–water partition coefficient (Wildman–Crippen LogP) is 1.29. The van der Waals surface area contributed by atoms with Crippen LogP contribution in [0.15, 0.2) is 0 Å². The normalized spacial score (nSPS) is 27.6. The maximum atomic E-state index is 12.1. The molecule has 2 rings (SSSR count). The van der Waals surface area contributed by atoms with E-state index in [1.54, 1.807) is 0 Å². The molecule has 0 spiro atoms. The first-order valence-corrected chi connectivity index (χ1v) is 6.81. The highest BCUT2D eigenvalue weighted by atomic mass is 16.5. The number of amides is 1. The van der Waals surface area contributed by atoms with Gasteiger partial charge in [-0.2, -0.15) is 0 Å². The highest BCUT2D eigenvalue weighted by Gasteiger charge is 2.36. The second kappa shape index (κ2) is 5.36. The Morgan fingerprint density at radius 3 is 2.82 bits per heavy atom. The maximum absolute atomic E-state index is 12.1. The van der Waals surface area contributed by atoms with E-state index < -0.39 is 0 Å². The van der Waals surface area contributed by atoms with E-state index in [0.29, 0.717) is 6.42 Å². The van der Waals surface area contributed by atoms with Crippen LogP contribution < -0.4 is 5.73 Å². The topological polar surface area (TPSA) is 55.6 Å². The first kappa shape index (κ1) is 12.8. The van der Waals surface area contributed by atoms with E-state index in [2.05, 4.69) is 0 Å². The number of rotatable bonds is 4. The van der Waals surface area contributed by atoms with Crippen molar-refractivity contribution in [3.05, 3.63) is 0 Å². The fourth-order valence-electron chi connectivity index (χ4n) is 2.76. The first-order valence-electron chi connectivity index (χ1n) is 6.81. The standard InChI is InChI=1S/C13H24N2O2/c1-2-17-11-5-3-8-15(10-11)12(16)9-13(14)6-4-7-13/h11H,2-10,14H2,1H3. The molecule has 1 amide bonds. The van der Waals surface area contributed by atoms with E-state index in [1.165, 1.54) is 6.42 Å². The first-order chi connectivity index (χ1) is 8.13. The summed E-state index contributed by atoms with van der Waals surface area (Å²) in [6, 6.07) is 0. The third-order valence-corrected chi connectivity index (χ3v) is 3.99. The highest BCUT2D eigenvalue weighted by molar-refractivity contribution is 5.77. The lowest BCUT2D eigenvalue weighted by Crippen LogP contribution is -2.52. The number of hydrogen-bond acceptors (Lipinski definition) is 3. The van der Waals surface area contributed by atoms with E-state index in [-0.39, 0.29) is 17.6 Å². The second-order valence-electron chi connectivity index (χ2n) is 5.45. The molecular weight excluding hydrogens is 216 g/mol. The summed E-state index contributed by atoms with van der Waals surface area (Å²) in [6.07, 6.45) is 6.05. The van der Waals surface area contributed by atoms with E-state index in [0.717, 1.165) is 45.4 Å². The van der Waals surface area contributed by atoms with Gasteiger partial charge >= 0.3 is 0 Å². The third kappa shape index (κ3) is 3.19. The van der Waals surface area contributed by atoms with Crippen molar-refractivity contribution >= 4 is 5.91 Å². The molecule has 2 N–H and O–H groups in total. The van der Waals surface area contributed by atoms with E-state index in [1.807, 2.05) is 11.8 Å². The summed E-state index contributed by atoms with van der Waals surface area (Å²) in [6.45, 7) is 4.36. The molecule has 1 aliphatic heterocycles. The zero-order valence-corrected chi connectivity index (χ0v) is 10.8. The number of carbonyl (C=O) groups is 1. The van der Waals surface area contributed by atoms with Gasteiger partial charge in [-0.3, -0.25) is 4.79 Å². The average Bonchev–Trinajstić information content (AvgIpc) is 2.28. The van der Waals surface area contributed by atoms with Crippen LogP contribution in [0.3, 0.4) is 0 Å². The van der Waals surface area contributed by atoms with Crippen molar-refractivity contribution in [1.82, 2.24) is 4.90 Å².